The van der Waals surface area contributed by atoms with Gasteiger partial charge in [0, 0.05) is 36.7 Å². The van der Waals surface area contributed by atoms with Gasteiger partial charge in [0.2, 0.25) is 0 Å². The Kier molecular flexibility index (Phi) is 4.37. The number of nitrogens with one attached hydrogen (secondary N) is 1. The molecule has 2 rings (SSSR count). The Morgan fingerprint density at radius 3 is 2.74 bits per heavy atom. The Balaban J connectivity index is 2.21. The lowest BCUT2D eigenvalue weighted by Gasteiger charge is -2.07. The molecule has 0 amide bonds. The topological polar surface area (TPSA) is 47.7 Å². The zero-order chi connectivity index (χ0) is 13.8. The molecule has 0 aliphatic rings. The number of aromatic nitrogens is 4. The summed E-state index contributed by atoms with van der Waals surface area (Å²) in [6.45, 7) is 12.0. The molecule has 2 aromatic heterocycles. The van der Waals surface area contributed by atoms with Gasteiger partial charge in [-0.3, -0.25) is 4.68 Å². The molecule has 0 bridgehead atoms. The van der Waals surface area contributed by atoms with Crippen molar-refractivity contribution in [3.63, 3.8) is 0 Å². The number of hydrogen-bond acceptors (Lipinski definition) is 3. The van der Waals surface area contributed by atoms with Crippen LogP contribution in [-0.4, -0.2) is 25.9 Å². The van der Waals surface area contributed by atoms with E-state index in [0.717, 1.165) is 37.7 Å². The van der Waals surface area contributed by atoms with Gasteiger partial charge in [-0.15, -0.1) is 0 Å². The van der Waals surface area contributed by atoms with Gasteiger partial charge in [0.25, 0.3) is 0 Å². The lowest BCUT2D eigenvalue weighted by atomic mass is 10.2. The molecule has 0 radical (unpaired) electrons. The highest BCUT2D eigenvalue weighted by Crippen LogP contribution is 2.14. The Hall–Kier alpha value is -1.62. The van der Waals surface area contributed by atoms with Crippen LogP contribution in [0.25, 0.3) is 0 Å². The average Bonchev–Trinajstić information content (AvgIpc) is 2.94. The molecule has 19 heavy (non-hydrogen) atoms. The minimum absolute atomic E-state index is 0.736. The zero-order valence-corrected chi connectivity index (χ0v) is 12.3. The van der Waals surface area contributed by atoms with Gasteiger partial charge in [0.1, 0.15) is 5.82 Å². The first kappa shape index (κ1) is 13.8. The Labute approximate surface area is 114 Å². The van der Waals surface area contributed by atoms with E-state index in [9.17, 15) is 0 Å². The number of nitrogens with zero attached hydrogens (tertiary/aromatic N) is 4. The van der Waals surface area contributed by atoms with E-state index in [0.29, 0.717) is 0 Å². The lowest BCUT2D eigenvalue weighted by molar-refractivity contribution is 0.591. The third-order valence-corrected chi connectivity index (χ3v) is 3.52. The molecular weight excluding hydrogens is 238 g/mol. The molecule has 0 aromatic carbocycles. The van der Waals surface area contributed by atoms with Crippen molar-refractivity contribution in [2.75, 3.05) is 6.54 Å². The molecule has 0 unspecified atom stereocenters. The molecular formula is C14H23N5. The molecule has 0 aliphatic carbocycles. The maximum absolute atomic E-state index is 4.64. The van der Waals surface area contributed by atoms with Gasteiger partial charge < -0.3 is 9.88 Å². The normalized spacial score (nSPS) is 11.2. The fourth-order valence-electron chi connectivity index (χ4n) is 2.31. The van der Waals surface area contributed by atoms with Crippen LogP contribution in [0.2, 0.25) is 0 Å². The van der Waals surface area contributed by atoms with Crippen molar-refractivity contribution in [1.29, 1.82) is 0 Å². The van der Waals surface area contributed by atoms with Crippen LogP contribution in [0.3, 0.4) is 0 Å². The van der Waals surface area contributed by atoms with E-state index in [4.69, 9.17) is 0 Å². The van der Waals surface area contributed by atoms with Crippen molar-refractivity contribution in [2.45, 2.75) is 47.3 Å². The van der Waals surface area contributed by atoms with Crippen molar-refractivity contribution < 1.29 is 0 Å². The number of rotatable bonds is 6. The first-order chi connectivity index (χ1) is 9.17. The van der Waals surface area contributed by atoms with Gasteiger partial charge in [0.15, 0.2) is 0 Å². The summed E-state index contributed by atoms with van der Waals surface area (Å²) in [5, 5.41) is 8.00. The lowest BCUT2D eigenvalue weighted by Crippen LogP contribution is -2.14. The summed E-state index contributed by atoms with van der Waals surface area (Å²) >= 11 is 0. The summed E-state index contributed by atoms with van der Waals surface area (Å²) in [6, 6.07) is 0. The van der Waals surface area contributed by atoms with Crippen LogP contribution in [0.15, 0.2) is 12.4 Å². The molecule has 5 heteroatoms. The van der Waals surface area contributed by atoms with E-state index in [1.165, 1.54) is 11.3 Å². The largest absolute Gasteiger partial charge is 0.334 e. The Morgan fingerprint density at radius 1 is 1.26 bits per heavy atom. The molecule has 104 valence electrons. The van der Waals surface area contributed by atoms with Gasteiger partial charge in [-0.1, -0.05) is 6.92 Å². The van der Waals surface area contributed by atoms with Gasteiger partial charge in [-0.05, 0) is 27.3 Å². The minimum Gasteiger partial charge on any atom is -0.334 e. The van der Waals surface area contributed by atoms with Crippen molar-refractivity contribution in [1.82, 2.24) is 24.6 Å². The predicted octanol–water partition coefficient (Wildman–Crippen LogP) is 1.87. The Bertz CT molecular complexity index is 538. The first-order valence-electron chi connectivity index (χ1n) is 6.91. The van der Waals surface area contributed by atoms with Crippen LogP contribution in [0.1, 0.15) is 36.6 Å². The van der Waals surface area contributed by atoms with Gasteiger partial charge in [-0.2, -0.15) is 5.10 Å². The quantitative estimate of drug-likeness (QED) is 0.863. The van der Waals surface area contributed by atoms with E-state index >= 15 is 0 Å². The van der Waals surface area contributed by atoms with Gasteiger partial charge in [-0.25, -0.2) is 4.98 Å². The molecule has 2 aromatic rings. The van der Waals surface area contributed by atoms with Crippen LogP contribution in [0.5, 0.6) is 0 Å². The molecule has 0 saturated heterocycles. The highest BCUT2D eigenvalue weighted by atomic mass is 15.3. The standard InChI is InChI=1S/C14H23N5/c1-5-15-9-13-11(3)17-19(12(13)4)10-14-16-7-8-18(14)6-2/h7-8,15H,5-6,9-10H2,1-4H3. The summed E-state index contributed by atoms with van der Waals surface area (Å²) < 4.78 is 4.21. The molecule has 0 spiro atoms. The predicted molar refractivity (Wildman–Crippen MR) is 76.1 cm³/mol. The summed E-state index contributed by atoms with van der Waals surface area (Å²) in [5.74, 6) is 1.06. The zero-order valence-electron chi connectivity index (χ0n) is 12.3. The Morgan fingerprint density at radius 2 is 2.05 bits per heavy atom. The maximum Gasteiger partial charge on any atom is 0.130 e. The third kappa shape index (κ3) is 2.87. The fourth-order valence-corrected chi connectivity index (χ4v) is 2.31. The fraction of sp³-hybridized carbons (Fsp3) is 0.571. The monoisotopic (exact) mass is 261 g/mol. The number of imidazole rings is 1. The van der Waals surface area contributed by atoms with E-state index in [-0.39, 0.29) is 0 Å². The van der Waals surface area contributed by atoms with E-state index < -0.39 is 0 Å². The second-order valence-corrected chi connectivity index (χ2v) is 4.72. The van der Waals surface area contributed by atoms with Gasteiger partial charge in [0.05, 0.1) is 12.2 Å². The van der Waals surface area contributed by atoms with Crippen LogP contribution >= 0.6 is 0 Å². The third-order valence-electron chi connectivity index (χ3n) is 3.52. The second-order valence-electron chi connectivity index (χ2n) is 4.72. The van der Waals surface area contributed by atoms with Crippen molar-refractivity contribution in [2.24, 2.45) is 0 Å². The summed E-state index contributed by atoms with van der Waals surface area (Å²) in [5.41, 5.74) is 3.63. The van der Waals surface area contributed by atoms with Gasteiger partial charge >= 0.3 is 0 Å². The molecule has 0 fully saturated rings. The minimum atomic E-state index is 0.736. The first-order valence-corrected chi connectivity index (χ1v) is 6.91. The maximum atomic E-state index is 4.64. The molecule has 0 aliphatic heterocycles. The van der Waals surface area contributed by atoms with Crippen LogP contribution < -0.4 is 5.32 Å². The highest BCUT2D eigenvalue weighted by Gasteiger charge is 2.12. The highest BCUT2D eigenvalue weighted by molar-refractivity contribution is 5.24. The van der Waals surface area contributed by atoms with Crippen LogP contribution in [-0.2, 0) is 19.6 Å². The van der Waals surface area contributed by atoms with Crippen molar-refractivity contribution >= 4 is 0 Å². The van der Waals surface area contributed by atoms with E-state index in [2.05, 4.69) is 52.3 Å². The van der Waals surface area contributed by atoms with Crippen molar-refractivity contribution in [3.05, 3.63) is 35.2 Å². The smallest absolute Gasteiger partial charge is 0.130 e. The van der Waals surface area contributed by atoms with Crippen molar-refractivity contribution in [3.8, 4) is 0 Å². The molecule has 0 atom stereocenters. The number of aryl methyl sites for hydroxylation is 2. The van der Waals surface area contributed by atoms with E-state index in [1.807, 2.05) is 12.4 Å². The SMILES string of the molecule is CCNCc1c(C)nn(Cc2nccn2CC)c1C. The molecule has 1 N–H and O–H groups in total. The molecule has 0 saturated carbocycles. The molecule has 2 heterocycles. The van der Waals surface area contributed by atoms with Crippen LogP contribution in [0.4, 0.5) is 0 Å². The number of hydrogen-bond donors (Lipinski definition) is 1. The summed E-state index contributed by atoms with van der Waals surface area (Å²) in [4.78, 5) is 4.41. The molecule has 5 nitrogen and oxygen atoms in total. The summed E-state index contributed by atoms with van der Waals surface area (Å²) in [7, 11) is 0. The summed E-state index contributed by atoms with van der Waals surface area (Å²) in [6.07, 6.45) is 3.87. The van der Waals surface area contributed by atoms with E-state index in [1.54, 1.807) is 0 Å². The average molecular weight is 261 g/mol. The van der Waals surface area contributed by atoms with Crippen LogP contribution in [0, 0.1) is 13.8 Å². The second kappa shape index (κ2) is 6.02.